The van der Waals surface area contributed by atoms with Crippen LogP contribution in [0, 0.1) is 5.82 Å². The number of nitrogens with zero attached hydrogens (tertiary/aromatic N) is 2. The van der Waals surface area contributed by atoms with Gasteiger partial charge in [0.2, 0.25) is 11.8 Å². The fraction of sp³-hybridized carbons (Fsp3) is 0.182. The van der Waals surface area contributed by atoms with Crippen molar-refractivity contribution in [1.82, 2.24) is 4.98 Å². The Morgan fingerprint density at radius 3 is 2.61 bits per heavy atom. The molecule has 0 bridgehead atoms. The van der Waals surface area contributed by atoms with Gasteiger partial charge in [0.25, 0.3) is 0 Å². The third-order valence-electron chi connectivity index (χ3n) is 4.73. The van der Waals surface area contributed by atoms with E-state index in [0.29, 0.717) is 24.6 Å². The van der Waals surface area contributed by atoms with Gasteiger partial charge >= 0.3 is 0 Å². The summed E-state index contributed by atoms with van der Waals surface area (Å²) in [6.45, 7) is 0.309. The number of hydrogen-bond acceptors (Lipinski definition) is 3. The second-order valence-corrected chi connectivity index (χ2v) is 6.87. The number of ether oxygens (including phenoxy) is 1. The number of halogens is 2. The van der Waals surface area contributed by atoms with Crippen LogP contribution in [0.3, 0.4) is 0 Å². The van der Waals surface area contributed by atoms with E-state index in [1.54, 1.807) is 23.2 Å². The van der Waals surface area contributed by atoms with Gasteiger partial charge in [-0.3, -0.25) is 9.69 Å². The number of aromatic nitrogens is 1. The molecule has 4 rings (SSSR count). The molecule has 3 aromatic rings. The first-order chi connectivity index (χ1) is 13.7. The molecule has 1 aliphatic heterocycles. The molecule has 1 aliphatic rings. The Kier molecular flexibility index (Phi) is 5.26. The maximum Gasteiger partial charge on any atom is 0.242 e. The number of carbonyl (C=O) groups is 1. The van der Waals surface area contributed by atoms with Crippen molar-refractivity contribution in [3.05, 3.63) is 89.4 Å². The Hall–Kier alpha value is -2.92. The molecule has 142 valence electrons. The fourth-order valence-corrected chi connectivity index (χ4v) is 3.52. The van der Waals surface area contributed by atoms with Crippen molar-refractivity contribution >= 4 is 23.2 Å². The molecule has 1 amide bonds. The van der Waals surface area contributed by atoms with E-state index in [1.165, 1.54) is 12.1 Å². The Balaban J connectivity index is 1.70. The topological polar surface area (TPSA) is 42.4 Å². The number of rotatable bonds is 4. The van der Waals surface area contributed by atoms with Gasteiger partial charge < -0.3 is 4.74 Å². The number of amides is 1. The third kappa shape index (κ3) is 3.71. The quantitative estimate of drug-likeness (QED) is 0.609. The van der Waals surface area contributed by atoms with Crippen LogP contribution in [0.1, 0.15) is 22.7 Å². The van der Waals surface area contributed by atoms with Crippen molar-refractivity contribution in [1.29, 1.82) is 0 Å². The molecule has 6 heteroatoms. The molecular weight excluding hydrogens is 379 g/mol. The van der Waals surface area contributed by atoms with Gasteiger partial charge in [0.1, 0.15) is 24.0 Å². The van der Waals surface area contributed by atoms with Crippen LogP contribution in [0.2, 0.25) is 0 Å². The Bertz CT molecular complexity index is 980. The average molecular weight is 397 g/mol. The molecule has 2 heterocycles. The number of carbonyl (C=O) groups excluding carboxylic acids is 1. The first-order valence-electron chi connectivity index (χ1n) is 8.95. The summed E-state index contributed by atoms with van der Waals surface area (Å²) in [5, 5.41) is 0. The molecule has 1 aromatic heterocycles. The van der Waals surface area contributed by atoms with E-state index in [1.807, 2.05) is 36.4 Å². The first-order valence-corrected chi connectivity index (χ1v) is 9.48. The van der Waals surface area contributed by atoms with Crippen molar-refractivity contribution in [2.45, 2.75) is 12.5 Å². The van der Waals surface area contributed by atoms with E-state index in [4.69, 9.17) is 16.3 Å². The maximum absolute atomic E-state index is 13.1. The van der Waals surface area contributed by atoms with Gasteiger partial charge in [-0.05, 0) is 41.3 Å². The molecule has 0 N–H and O–H groups in total. The van der Waals surface area contributed by atoms with Gasteiger partial charge in [-0.2, -0.15) is 0 Å². The highest BCUT2D eigenvalue weighted by Crippen LogP contribution is 2.39. The summed E-state index contributed by atoms with van der Waals surface area (Å²) in [6, 6.07) is 17.7. The Labute approximate surface area is 167 Å². The summed E-state index contributed by atoms with van der Waals surface area (Å²) in [5.41, 5.74) is 3.42. The standard InChI is InChI=1S/C22H18ClFN2O2/c23-12-21(27)26-19-11-16(10-15-6-8-18(24)9-7-15)13-25-22(19)28-14-20(26)17-4-2-1-3-5-17/h1-9,11,13,20H,10,12,14H2/t20-/m1/s1. The van der Waals surface area contributed by atoms with Crippen LogP contribution in [0.4, 0.5) is 10.1 Å². The molecule has 0 saturated heterocycles. The van der Waals surface area contributed by atoms with E-state index in [0.717, 1.165) is 16.7 Å². The van der Waals surface area contributed by atoms with Gasteiger partial charge in [0.05, 0.1) is 6.04 Å². The molecule has 2 aromatic carbocycles. The smallest absolute Gasteiger partial charge is 0.242 e. The van der Waals surface area contributed by atoms with Crippen molar-refractivity contribution < 1.29 is 13.9 Å². The second kappa shape index (κ2) is 7.98. The van der Waals surface area contributed by atoms with Gasteiger partial charge in [0.15, 0.2) is 0 Å². The molecule has 0 aliphatic carbocycles. The lowest BCUT2D eigenvalue weighted by atomic mass is 10.0. The summed E-state index contributed by atoms with van der Waals surface area (Å²) in [6.07, 6.45) is 2.29. The number of anilines is 1. The molecule has 0 radical (unpaired) electrons. The zero-order valence-corrected chi connectivity index (χ0v) is 15.8. The van der Waals surface area contributed by atoms with Crippen LogP contribution in [0.5, 0.6) is 5.88 Å². The van der Waals surface area contributed by atoms with Gasteiger partial charge in [0, 0.05) is 6.20 Å². The zero-order valence-electron chi connectivity index (χ0n) is 15.0. The van der Waals surface area contributed by atoms with Crippen LogP contribution in [0.15, 0.2) is 66.9 Å². The van der Waals surface area contributed by atoms with Crippen LogP contribution in [-0.2, 0) is 11.2 Å². The number of alkyl halides is 1. The van der Waals surface area contributed by atoms with Crippen molar-refractivity contribution in [3.63, 3.8) is 0 Å². The van der Waals surface area contributed by atoms with Crippen LogP contribution < -0.4 is 9.64 Å². The van der Waals surface area contributed by atoms with Gasteiger partial charge in [-0.1, -0.05) is 42.5 Å². The van der Waals surface area contributed by atoms with E-state index in [2.05, 4.69) is 4.98 Å². The van der Waals surface area contributed by atoms with Crippen LogP contribution in [-0.4, -0.2) is 23.4 Å². The van der Waals surface area contributed by atoms with Crippen molar-refractivity contribution in [2.75, 3.05) is 17.4 Å². The number of pyridine rings is 1. The molecule has 28 heavy (non-hydrogen) atoms. The molecule has 0 saturated carbocycles. The minimum absolute atomic E-state index is 0.134. The van der Waals surface area contributed by atoms with Crippen LogP contribution in [0.25, 0.3) is 0 Å². The monoisotopic (exact) mass is 396 g/mol. The normalized spacial score (nSPS) is 15.6. The third-order valence-corrected chi connectivity index (χ3v) is 4.96. The second-order valence-electron chi connectivity index (χ2n) is 6.61. The molecule has 0 spiro atoms. The first kappa shape index (κ1) is 18.4. The molecule has 1 atom stereocenters. The molecule has 4 nitrogen and oxygen atoms in total. The maximum atomic E-state index is 13.1. The lowest BCUT2D eigenvalue weighted by Gasteiger charge is -2.36. The number of benzene rings is 2. The van der Waals surface area contributed by atoms with Gasteiger partial charge in [-0.25, -0.2) is 9.37 Å². The highest BCUT2D eigenvalue weighted by Gasteiger charge is 2.34. The summed E-state index contributed by atoms with van der Waals surface area (Å²) in [7, 11) is 0. The summed E-state index contributed by atoms with van der Waals surface area (Å²) in [4.78, 5) is 18.8. The summed E-state index contributed by atoms with van der Waals surface area (Å²) in [5.74, 6) is -0.204. The predicted molar refractivity (Wildman–Crippen MR) is 106 cm³/mol. The van der Waals surface area contributed by atoms with Crippen LogP contribution >= 0.6 is 11.6 Å². The van der Waals surface area contributed by atoms with E-state index >= 15 is 0 Å². The van der Waals surface area contributed by atoms with Crippen molar-refractivity contribution in [2.24, 2.45) is 0 Å². The Morgan fingerprint density at radius 2 is 1.89 bits per heavy atom. The highest BCUT2D eigenvalue weighted by molar-refractivity contribution is 6.29. The zero-order chi connectivity index (χ0) is 19.5. The van der Waals surface area contributed by atoms with Gasteiger partial charge in [-0.15, -0.1) is 11.6 Å². The minimum atomic E-state index is -0.275. The SMILES string of the molecule is O=C(CCl)N1c2cc(Cc3ccc(F)cc3)cnc2OC[C@@H]1c1ccccc1. The lowest BCUT2D eigenvalue weighted by molar-refractivity contribution is -0.117. The summed E-state index contributed by atoms with van der Waals surface area (Å²) >= 11 is 5.90. The predicted octanol–water partition coefficient (Wildman–Crippen LogP) is 4.52. The molecule has 0 fully saturated rings. The minimum Gasteiger partial charge on any atom is -0.474 e. The number of fused-ring (bicyclic) bond motifs is 1. The van der Waals surface area contributed by atoms with E-state index in [-0.39, 0.29) is 23.6 Å². The number of hydrogen-bond donors (Lipinski definition) is 0. The molecule has 0 unspecified atom stereocenters. The van der Waals surface area contributed by atoms with Crippen molar-refractivity contribution in [3.8, 4) is 5.88 Å². The summed E-state index contributed by atoms with van der Waals surface area (Å²) < 4.78 is 19.0. The van der Waals surface area contributed by atoms with E-state index in [9.17, 15) is 9.18 Å². The lowest BCUT2D eigenvalue weighted by Crippen LogP contribution is -2.42. The van der Waals surface area contributed by atoms with E-state index < -0.39 is 0 Å². The Morgan fingerprint density at radius 1 is 1.14 bits per heavy atom. The largest absolute Gasteiger partial charge is 0.474 e. The average Bonchev–Trinajstić information content (AvgIpc) is 2.74. The molecular formula is C22H18ClFN2O2. The highest BCUT2D eigenvalue weighted by atomic mass is 35.5. The fourth-order valence-electron chi connectivity index (χ4n) is 3.39.